The molecule has 0 saturated carbocycles. The molecule has 0 bridgehead atoms. The van der Waals surface area contributed by atoms with Crippen molar-refractivity contribution in [1.82, 2.24) is 5.32 Å². The minimum atomic E-state index is -0.123. The maximum Gasteiger partial charge on any atom is 0.224 e. The lowest BCUT2D eigenvalue weighted by Crippen LogP contribution is -2.48. The summed E-state index contributed by atoms with van der Waals surface area (Å²) >= 11 is 0. The third-order valence-corrected chi connectivity index (χ3v) is 2.96. The SMILES string of the molecule is CC(C)(C)C(CN)NC(=O)Cc1ccccc1O. The van der Waals surface area contributed by atoms with E-state index in [-0.39, 0.29) is 29.5 Å². The van der Waals surface area contributed by atoms with Gasteiger partial charge in [0.25, 0.3) is 0 Å². The summed E-state index contributed by atoms with van der Waals surface area (Å²) in [5.41, 5.74) is 6.21. The second-order valence-corrected chi connectivity index (χ2v) is 5.53. The topological polar surface area (TPSA) is 75.3 Å². The Balaban J connectivity index is 2.65. The largest absolute Gasteiger partial charge is 0.508 e. The molecular weight excluding hydrogens is 228 g/mol. The van der Waals surface area contributed by atoms with Crippen molar-refractivity contribution in [2.24, 2.45) is 11.1 Å². The Morgan fingerprint density at radius 2 is 2.00 bits per heavy atom. The molecule has 1 atom stereocenters. The smallest absolute Gasteiger partial charge is 0.224 e. The van der Waals surface area contributed by atoms with Crippen molar-refractivity contribution in [2.45, 2.75) is 33.2 Å². The number of amides is 1. The highest BCUT2D eigenvalue weighted by atomic mass is 16.3. The van der Waals surface area contributed by atoms with Crippen molar-refractivity contribution in [1.29, 1.82) is 0 Å². The molecule has 4 N–H and O–H groups in total. The first-order valence-corrected chi connectivity index (χ1v) is 6.11. The van der Waals surface area contributed by atoms with E-state index < -0.39 is 0 Å². The summed E-state index contributed by atoms with van der Waals surface area (Å²) < 4.78 is 0. The molecular formula is C14H22N2O2. The third-order valence-electron chi connectivity index (χ3n) is 2.96. The van der Waals surface area contributed by atoms with Crippen molar-refractivity contribution < 1.29 is 9.90 Å². The van der Waals surface area contributed by atoms with Gasteiger partial charge >= 0.3 is 0 Å². The van der Waals surface area contributed by atoms with E-state index in [2.05, 4.69) is 5.32 Å². The standard InChI is InChI=1S/C14H22N2O2/c1-14(2,3)12(9-15)16-13(18)8-10-6-4-5-7-11(10)17/h4-7,12,17H,8-9,15H2,1-3H3,(H,16,18). The average Bonchev–Trinajstić information content (AvgIpc) is 2.27. The number of benzene rings is 1. The predicted molar refractivity (Wildman–Crippen MR) is 72.3 cm³/mol. The van der Waals surface area contributed by atoms with E-state index in [0.717, 1.165) is 0 Å². The molecule has 0 radical (unpaired) electrons. The van der Waals surface area contributed by atoms with Crippen LogP contribution in [0.2, 0.25) is 0 Å². The van der Waals surface area contributed by atoms with Gasteiger partial charge in [-0.15, -0.1) is 0 Å². The van der Waals surface area contributed by atoms with E-state index in [1.807, 2.05) is 20.8 Å². The second kappa shape index (κ2) is 5.87. The van der Waals surface area contributed by atoms with Crippen LogP contribution in [0.4, 0.5) is 0 Å². The summed E-state index contributed by atoms with van der Waals surface area (Å²) in [6.45, 7) is 6.50. The predicted octanol–water partition coefficient (Wildman–Crippen LogP) is 1.42. The van der Waals surface area contributed by atoms with Gasteiger partial charge in [0.1, 0.15) is 5.75 Å². The third kappa shape index (κ3) is 4.04. The fourth-order valence-corrected chi connectivity index (χ4v) is 1.71. The van der Waals surface area contributed by atoms with Crippen LogP contribution in [0.3, 0.4) is 0 Å². The number of nitrogens with one attached hydrogen (secondary N) is 1. The quantitative estimate of drug-likeness (QED) is 0.756. The van der Waals surface area contributed by atoms with Crippen LogP contribution in [-0.2, 0) is 11.2 Å². The second-order valence-electron chi connectivity index (χ2n) is 5.53. The van der Waals surface area contributed by atoms with Crippen LogP contribution in [0, 0.1) is 5.41 Å². The minimum absolute atomic E-state index is 0.0733. The zero-order valence-corrected chi connectivity index (χ0v) is 11.2. The number of carbonyl (C=O) groups excluding carboxylic acids is 1. The van der Waals surface area contributed by atoms with Crippen molar-refractivity contribution in [2.75, 3.05) is 6.54 Å². The van der Waals surface area contributed by atoms with Crippen LogP contribution in [0.25, 0.3) is 0 Å². The Hall–Kier alpha value is -1.55. The molecule has 1 rings (SSSR count). The van der Waals surface area contributed by atoms with Crippen molar-refractivity contribution in [3.63, 3.8) is 0 Å². The average molecular weight is 250 g/mol. The maximum absolute atomic E-state index is 11.9. The van der Waals surface area contributed by atoms with Gasteiger partial charge in [0.15, 0.2) is 0 Å². The molecule has 1 aromatic rings. The lowest BCUT2D eigenvalue weighted by Gasteiger charge is -2.30. The Kier molecular flexibility index (Phi) is 4.73. The summed E-state index contributed by atoms with van der Waals surface area (Å²) in [7, 11) is 0. The molecule has 0 aliphatic rings. The lowest BCUT2D eigenvalue weighted by molar-refractivity contribution is -0.121. The monoisotopic (exact) mass is 250 g/mol. The van der Waals surface area contributed by atoms with Crippen molar-refractivity contribution in [3.8, 4) is 5.75 Å². The Morgan fingerprint density at radius 1 is 1.39 bits per heavy atom. The zero-order valence-electron chi connectivity index (χ0n) is 11.2. The van der Waals surface area contributed by atoms with Gasteiger partial charge in [-0.05, 0) is 11.5 Å². The minimum Gasteiger partial charge on any atom is -0.508 e. The van der Waals surface area contributed by atoms with Crippen LogP contribution < -0.4 is 11.1 Å². The Labute approximate surface area is 108 Å². The summed E-state index contributed by atoms with van der Waals surface area (Å²) in [6, 6.07) is 6.77. The molecule has 0 aromatic heterocycles. The number of nitrogens with two attached hydrogens (primary N) is 1. The van der Waals surface area contributed by atoms with E-state index in [4.69, 9.17) is 5.73 Å². The first-order valence-electron chi connectivity index (χ1n) is 6.11. The van der Waals surface area contributed by atoms with Crippen molar-refractivity contribution in [3.05, 3.63) is 29.8 Å². The number of phenols is 1. The van der Waals surface area contributed by atoms with E-state index in [9.17, 15) is 9.90 Å². The van der Waals surface area contributed by atoms with Gasteiger partial charge in [-0.25, -0.2) is 0 Å². The molecule has 0 aliphatic carbocycles. The number of aromatic hydroxyl groups is 1. The first-order chi connectivity index (χ1) is 8.34. The first kappa shape index (κ1) is 14.5. The number of hydrogen-bond donors (Lipinski definition) is 3. The zero-order chi connectivity index (χ0) is 13.8. The van der Waals surface area contributed by atoms with Gasteiger partial charge in [-0.3, -0.25) is 4.79 Å². The highest BCUT2D eigenvalue weighted by molar-refractivity contribution is 5.79. The van der Waals surface area contributed by atoms with Crippen LogP contribution in [-0.4, -0.2) is 23.6 Å². The van der Waals surface area contributed by atoms with Crippen LogP contribution in [0.5, 0.6) is 5.75 Å². The van der Waals surface area contributed by atoms with E-state index in [1.54, 1.807) is 24.3 Å². The van der Waals surface area contributed by atoms with Gasteiger partial charge < -0.3 is 16.2 Å². The van der Waals surface area contributed by atoms with E-state index >= 15 is 0 Å². The molecule has 0 heterocycles. The fraction of sp³-hybridized carbons (Fsp3) is 0.500. The molecule has 18 heavy (non-hydrogen) atoms. The van der Waals surface area contributed by atoms with Gasteiger partial charge in [0, 0.05) is 18.2 Å². The molecule has 100 valence electrons. The molecule has 4 heteroatoms. The van der Waals surface area contributed by atoms with Crippen LogP contribution >= 0.6 is 0 Å². The normalized spacial score (nSPS) is 13.1. The number of hydrogen-bond acceptors (Lipinski definition) is 3. The number of carbonyl (C=O) groups is 1. The van der Waals surface area contributed by atoms with Crippen LogP contribution in [0.1, 0.15) is 26.3 Å². The van der Waals surface area contributed by atoms with Gasteiger partial charge in [-0.2, -0.15) is 0 Å². The highest BCUT2D eigenvalue weighted by Gasteiger charge is 2.24. The maximum atomic E-state index is 11.9. The summed E-state index contributed by atoms with van der Waals surface area (Å²) in [4.78, 5) is 11.9. The van der Waals surface area contributed by atoms with Gasteiger partial charge in [0.2, 0.25) is 5.91 Å². The molecule has 0 saturated heterocycles. The molecule has 0 aliphatic heterocycles. The molecule has 1 unspecified atom stereocenters. The molecule has 4 nitrogen and oxygen atoms in total. The van der Waals surface area contributed by atoms with E-state index in [0.29, 0.717) is 12.1 Å². The fourth-order valence-electron chi connectivity index (χ4n) is 1.71. The molecule has 0 fully saturated rings. The highest BCUT2D eigenvalue weighted by Crippen LogP contribution is 2.19. The molecule has 1 aromatic carbocycles. The Morgan fingerprint density at radius 3 is 2.50 bits per heavy atom. The Bertz CT molecular complexity index is 411. The van der Waals surface area contributed by atoms with Gasteiger partial charge in [-0.1, -0.05) is 39.0 Å². The summed E-state index contributed by atoms with van der Waals surface area (Å²) in [5, 5.41) is 12.5. The number of rotatable bonds is 4. The van der Waals surface area contributed by atoms with E-state index in [1.165, 1.54) is 0 Å². The van der Waals surface area contributed by atoms with Gasteiger partial charge in [0.05, 0.1) is 6.42 Å². The molecule has 0 spiro atoms. The van der Waals surface area contributed by atoms with Crippen LogP contribution in [0.15, 0.2) is 24.3 Å². The summed E-state index contributed by atoms with van der Waals surface area (Å²) in [6.07, 6.45) is 0.166. The lowest BCUT2D eigenvalue weighted by atomic mass is 9.86. The van der Waals surface area contributed by atoms with Crippen molar-refractivity contribution >= 4 is 5.91 Å². The summed E-state index contributed by atoms with van der Waals surface area (Å²) in [5.74, 6) is 0.0228. The number of phenolic OH excluding ortho intramolecular Hbond substituents is 1. The number of para-hydroxylation sites is 1. The molecule has 1 amide bonds.